The summed E-state index contributed by atoms with van der Waals surface area (Å²) in [6.45, 7) is 6.60. The van der Waals surface area contributed by atoms with Gasteiger partial charge in [0.15, 0.2) is 0 Å². The maximum Gasteiger partial charge on any atom is 0.344 e. The van der Waals surface area contributed by atoms with Crippen LogP contribution in [0.25, 0.3) is 0 Å². The highest BCUT2D eigenvalue weighted by Crippen LogP contribution is 2.04. The summed E-state index contributed by atoms with van der Waals surface area (Å²) in [6.07, 6.45) is 3.37. The number of rotatable bonds is 13. The van der Waals surface area contributed by atoms with Crippen molar-refractivity contribution < 1.29 is 14.6 Å². The Balaban J connectivity index is 1.88. The minimum atomic E-state index is -0.618. The number of amides is 4. The van der Waals surface area contributed by atoms with E-state index in [-0.39, 0.29) is 24.7 Å². The van der Waals surface area contributed by atoms with Crippen LogP contribution in [0.15, 0.2) is 30.3 Å². The van der Waals surface area contributed by atoms with E-state index < -0.39 is 6.03 Å². The Kier molecular flexibility index (Phi) is 11.3. The van der Waals surface area contributed by atoms with E-state index in [0.717, 1.165) is 37.3 Å². The van der Waals surface area contributed by atoms with E-state index in [1.807, 2.05) is 30.3 Å². The third-order valence-electron chi connectivity index (χ3n) is 5.68. The molecule has 10 N–H and O–H groups in total. The maximum absolute atomic E-state index is 12.6. The topological polar surface area (TPSA) is 160 Å². The van der Waals surface area contributed by atoms with Gasteiger partial charge in [-0.3, -0.25) is 15.6 Å². The molecule has 1 aliphatic heterocycles. The van der Waals surface area contributed by atoms with Gasteiger partial charge in [-0.05, 0) is 43.7 Å². The molecule has 2 rings (SSSR count). The molecular formula is C23H41N8O2+. The number of benzene rings is 1. The van der Waals surface area contributed by atoms with E-state index in [4.69, 9.17) is 11.5 Å². The molecule has 0 radical (unpaired) electrons. The highest BCUT2D eigenvalue weighted by molar-refractivity contribution is 5.76. The van der Waals surface area contributed by atoms with Crippen molar-refractivity contribution in [3.63, 3.8) is 0 Å². The van der Waals surface area contributed by atoms with Gasteiger partial charge in [-0.25, -0.2) is 9.59 Å². The third-order valence-corrected chi connectivity index (χ3v) is 5.68. The Labute approximate surface area is 196 Å². The van der Waals surface area contributed by atoms with Crippen LogP contribution in [0.5, 0.6) is 0 Å². The molecule has 0 fully saturated rings. The summed E-state index contributed by atoms with van der Waals surface area (Å²) in [4.78, 5) is 27.2. The van der Waals surface area contributed by atoms with Crippen molar-refractivity contribution >= 4 is 18.0 Å². The molecular weight excluding hydrogens is 420 g/mol. The first-order valence-electron chi connectivity index (χ1n) is 11.8. The van der Waals surface area contributed by atoms with Gasteiger partial charge in [0.2, 0.25) is 0 Å². The molecule has 0 spiro atoms. The van der Waals surface area contributed by atoms with Crippen molar-refractivity contribution in [1.29, 1.82) is 0 Å². The molecule has 0 saturated heterocycles. The molecule has 1 aromatic carbocycles. The SMILES string of the molecule is CC(C)[C@H]1C[NH+]=C(N[C@@H](CCCCN)CNC(=O)N[C@H](CNC(N)=O)Cc2ccccc2)N1. The van der Waals surface area contributed by atoms with Crippen LogP contribution in [0.3, 0.4) is 0 Å². The van der Waals surface area contributed by atoms with Gasteiger partial charge in [-0.1, -0.05) is 44.2 Å². The van der Waals surface area contributed by atoms with Gasteiger partial charge in [0, 0.05) is 6.54 Å². The smallest absolute Gasteiger partial charge is 0.344 e. The average molecular weight is 462 g/mol. The van der Waals surface area contributed by atoms with Crippen LogP contribution in [-0.2, 0) is 6.42 Å². The van der Waals surface area contributed by atoms with Crippen molar-refractivity contribution in [3.05, 3.63) is 35.9 Å². The van der Waals surface area contributed by atoms with Crippen LogP contribution in [-0.4, -0.2) is 62.3 Å². The number of hydrogen-bond donors (Lipinski definition) is 8. The summed E-state index contributed by atoms with van der Waals surface area (Å²) in [5, 5.41) is 15.5. The van der Waals surface area contributed by atoms with Crippen LogP contribution >= 0.6 is 0 Å². The van der Waals surface area contributed by atoms with Crippen LogP contribution in [0.1, 0.15) is 38.7 Å². The van der Waals surface area contributed by atoms with Gasteiger partial charge in [0.25, 0.3) is 0 Å². The molecule has 33 heavy (non-hydrogen) atoms. The van der Waals surface area contributed by atoms with Gasteiger partial charge in [0.05, 0.1) is 25.2 Å². The zero-order valence-corrected chi connectivity index (χ0v) is 19.8. The highest BCUT2D eigenvalue weighted by Gasteiger charge is 2.28. The Hall–Kier alpha value is -3.01. The Bertz CT molecular complexity index is 756. The lowest BCUT2D eigenvalue weighted by molar-refractivity contribution is -0.452. The van der Waals surface area contributed by atoms with E-state index in [1.165, 1.54) is 0 Å². The predicted octanol–water partition coefficient (Wildman–Crippen LogP) is -1.28. The molecule has 1 aromatic rings. The fourth-order valence-corrected chi connectivity index (χ4v) is 3.71. The average Bonchev–Trinajstić information content (AvgIpc) is 3.25. The molecule has 0 aliphatic carbocycles. The number of hydrogen-bond acceptors (Lipinski definition) is 5. The molecule has 4 amide bonds. The quantitative estimate of drug-likeness (QED) is 0.171. The molecule has 0 saturated carbocycles. The monoisotopic (exact) mass is 461 g/mol. The van der Waals surface area contributed by atoms with Crippen molar-refractivity contribution in [2.75, 3.05) is 26.2 Å². The summed E-state index contributed by atoms with van der Waals surface area (Å²) in [6, 6.07) is 9.03. The minimum Gasteiger partial charge on any atom is -0.352 e. The summed E-state index contributed by atoms with van der Waals surface area (Å²) < 4.78 is 0. The number of carbonyl (C=O) groups is 2. The summed E-state index contributed by atoms with van der Waals surface area (Å²) in [7, 11) is 0. The van der Waals surface area contributed by atoms with Gasteiger partial charge in [-0.2, -0.15) is 0 Å². The third kappa shape index (κ3) is 10.4. The van der Waals surface area contributed by atoms with Crippen LogP contribution < -0.4 is 43.0 Å². The largest absolute Gasteiger partial charge is 0.352 e. The van der Waals surface area contributed by atoms with Gasteiger partial charge in [0.1, 0.15) is 6.04 Å². The maximum atomic E-state index is 12.6. The van der Waals surface area contributed by atoms with Crippen LogP contribution in [0.4, 0.5) is 9.59 Å². The Morgan fingerprint density at radius 1 is 1.12 bits per heavy atom. The number of guanidine groups is 1. The highest BCUT2D eigenvalue weighted by atomic mass is 16.2. The number of nitrogens with one attached hydrogen (secondary N) is 6. The standard InChI is InChI=1S/C23H40N8O2/c1-16(2)20-15-27-22(31-20)29-18(10-6-7-11-24)13-28-23(33)30-19(14-26-21(25)32)12-17-8-4-3-5-9-17/h3-5,8-9,16,18-20H,6-7,10-15,24H2,1-2H3,(H3,25,26,32)(H2,27,29,31)(H2,28,30,33)/p+1/t18-,19-,20+/m0/s1. The lowest BCUT2D eigenvalue weighted by atomic mass is 10.1. The molecule has 0 unspecified atom stereocenters. The molecule has 10 heteroatoms. The molecule has 184 valence electrons. The molecule has 0 bridgehead atoms. The number of nitrogens with two attached hydrogens (primary N) is 2. The lowest BCUT2D eigenvalue weighted by Gasteiger charge is -2.21. The first-order chi connectivity index (χ1) is 15.9. The van der Waals surface area contributed by atoms with Gasteiger partial charge >= 0.3 is 18.0 Å². The van der Waals surface area contributed by atoms with Crippen molar-refractivity contribution in [1.82, 2.24) is 26.6 Å². The number of urea groups is 2. The predicted molar refractivity (Wildman–Crippen MR) is 130 cm³/mol. The second-order valence-electron chi connectivity index (χ2n) is 8.86. The fourth-order valence-electron chi connectivity index (χ4n) is 3.71. The van der Waals surface area contributed by atoms with E-state index in [9.17, 15) is 9.59 Å². The zero-order chi connectivity index (χ0) is 24.1. The lowest BCUT2D eigenvalue weighted by Crippen LogP contribution is -2.75. The summed E-state index contributed by atoms with van der Waals surface area (Å²) in [5.41, 5.74) is 11.9. The molecule has 10 nitrogen and oxygen atoms in total. The van der Waals surface area contributed by atoms with Crippen molar-refractivity contribution in [2.24, 2.45) is 17.4 Å². The molecule has 1 aliphatic rings. The fraction of sp³-hybridized carbons (Fsp3) is 0.609. The second kappa shape index (κ2) is 14.2. The van der Waals surface area contributed by atoms with Crippen LogP contribution in [0.2, 0.25) is 0 Å². The van der Waals surface area contributed by atoms with E-state index >= 15 is 0 Å². The van der Waals surface area contributed by atoms with Gasteiger partial charge < -0.3 is 27.4 Å². The molecule has 1 heterocycles. The summed E-state index contributed by atoms with van der Waals surface area (Å²) in [5.74, 6) is 1.42. The first-order valence-corrected chi connectivity index (χ1v) is 11.8. The normalized spacial score (nSPS) is 17.0. The number of carbonyl (C=O) groups excluding carboxylic acids is 2. The van der Waals surface area contributed by atoms with Gasteiger partial charge in [-0.15, -0.1) is 0 Å². The molecule has 0 aromatic heterocycles. The van der Waals surface area contributed by atoms with Crippen molar-refractivity contribution in [2.45, 2.75) is 57.7 Å². The van der Waals surface area contributed by atoms with E-state index in [1.54, 1.807) is 0 Å². The zero-order valence-electron chi connectivity index (χ0n) is 19.8. The van der Waals surface area contributed by atoms with E-state index in [0.29, 0.717) is 31.5 Å². The Morgan fingerprint density at radius 2 is 1.85 bits per heavy atom. The van der Waals surface area contributed by atoms with Crippen molar-refractivity contribution in [3.8, 4) is 0 Å². The number of unbranched alkanes of at least 4 members (excludes halogenated alkanes) is 1. The second-order valence-corrected chi connectivity index (χ2v) is 8.86. The number of primary amides is 1. The summed E-state index contributed by atoms with van der Waals surface area (Å²) >= 11 is 0. The first kappa shape index (κ1) is 26.2. The van der Waals surface area contributed by atoms with E-state index in [2.05, 4.69) is 45.4 Å². The molecule has 3 atom stereocenters. The van der Waals surface area contributed by atoms with Crippen LogP contribution in [0, 0.1) is 5.92 Å². The minimum absolute atomic E-state index is 0.0551. The Morgan fingerprint density at radius 3 is 2.48 bits per heavy atom.